The van der Waals surface area contributed by atoms with Gasteiger partial charge in [-0.05, 0) is 0 Å². The summed E-state index contributed by atoms with van der Waals surface area (Å²) in [5.41, 5.74) is 0. The van der Waals surface area contributed by atoms with Crippen molar-refractivity contribution >= 4 is 16.8 Å². The molecule has 0 spiro atoms. The molecule has 5 nitrogen and oxygen atoms in total. The van der Waals surface area contributed by atoms with Crippen LogP contribution in [0.15, 0.2) is 0 Å². The second kappa shape index (κ2) is 6.32. The van der Waals surface area contributed by atoms with Crippen LogP contribution in [0, 0.1) is 0 Å². The normalized spacial score (nSPS) is 21.2. The van der Waals surface area contributed by atoms with E-state index in [2.05, 4.69) is 10.2 Å². The van der Waals surface area contributed by atoms with E-state index in [9.17, 15) is 9.00 Å². The van der Waals surface area contributed by atoms with Gasteiger partial charge in [0.05, 0.1) is 0 Å². The molecule has 1 aliphatic heterocycles. The Labute approximate surface area is 98.7 Å². The van der Waals surface area contributed by atoms with Gasteiger partial charge in [0.25, 0.3) is 0 Å². The topological polar surface area (TPSA) is 69.6 Å². The Balaban J connectivity index is 2.42. The Kier molecular flexibility index (Phi) is 5.37. The lowest BCUT2D eigenvalue weighted by molar-refractivity contribution is -0.140. The van der Waals surface area contributed by atoms with Gasteiger partial charge in [0.15, 0.2) is 0 Å². The number of nitrogens with zero attached hydrogens (tertiary/aromatic N) is 1. The van der Waals surface area contributed by atoms with Crippen LogP contribution in [0.1, 0.15) is 13.8 Å². The van der Waals surface area contributed by atoms with Crippen LogP contribution in [0.25, 0.3) is 0 Å². The molecule has 1 saturated heterocycles. The molecule has 16 heavy (non-hydrogen) atoms. The van der Waals surface area contributed by atoms with E-state index < -0.39 is 22.8 Å². The zero-order valence-corrected chi connectivity index (χ0v) is 10.6. The highest BCUT2D eigenvalue weighted by atomic mass is 32.2. The third kappa shape index (κ3) is 4.59. The number of aliphatic carboxylic acids is 1. The fourth-order valence-electron chi connectivity index (χ4n) is 1.72. The molecule has 1 heterocycles. The van der Waals surface area contributed by atoms with Gasteiger partial charge in [0.1, 0.15) is 6.04 Å². The lowest BCUT2D eigenvalue weighted by Crippen LogP contribution is -2.51. The maximum Gasteiger partial charge on any atom is 0.322 e. The van der Waals surface area contributed by atoms with Crippen LogP contribution in [0.5, 0.6) is 0 Å². The van der Waals surface area contributed by atoms with E-state index in [1.165, 1.54) is 0 Å². The number of rotatable bonds is 5. The van der Waals surface area contributed by atoms with E-state index in [4.69, 9.17) is 5.11 Å². The molecular weight excluding hydrogens is 228 g/mol. The number of hydrogen-bond acceptors (Lipinski definition) is 4. The summed E-state index contributed by atoms with van der Waals surface area (Å²) in [6.45, 7) is 5.82. The number of carboxylic acids is 1. The first kappa shape index (κ1) is 13.6. The maximum atomic E-state index is 11.2. The molecule has 94 valence electrons. The third-order valence-electron chi connectivity index (χ3n) is 2.54. The smallest absolute Gasteiger partial charge is 0.322 e. The van der Waals surface area contributed by atoms with Crippen molar-refractivity contribution in [3.8, 4) is 0 Å². The van der Waals surface area contributed by atoms with Crippen LogP contribution >= 0.6 is 0 Å². The minimum absolute atomic E-state index is 0.153. The monoisotopic (exact) mass is 248 g/mol. The van der Waals surface area contributed by atoms with Crippen LogP contribution in [0.2, 0.25) is 0 Å². The van der Waals surface area contributed by atoms with E-state index >= 15 is 0 Å². The number of carboxylic acid groups (broad SMARTS) is 1. The minimum Gasteiger partial charge on any atom is -0.480 e. The van der Waals surface area contributed by atoms with Crippen LogP contribution in [-0.2, 0) is 15.6 Å². The highest BCUT2D eigenvalue weighted by molar-refractivity contribution is 7.85. The van der Waals surface area contributed by atoms with Crippen molar-refractivity contribution in [1.82, 2.24) is 10.2 Å². The molecule has 2 N–H and O–H groups in total. The number of carbonyl (C=O) groups is 1. The van der Waals surface area contributed by atoms with Crippen LogP contribution in [0.3, 0.4) is 0 Å². The molecular formula is C10H20N2O3S. The van der Waals surface area contributed by atoms with Gasteiger partial charge in [-0.2, -0.15) is 0 Å². The average molecular weight is 248 g/mol. The Morgan fingerprint density at radius 3 is 2.44 bits per heavy atom. The summed E-state index contributed by atoms with van der Waals surface area (Å²) in [7, 11) is -0.707. The molecule has 0 aliphatic carbocycles. The average Bonchev–Trinajstić information content (AvgIpc) is 2.19. The molecule has 0 bridgehead atoms. The molecule has 1 aliphatic rings. The third-order valence-corrected chi connectivity index (χ3v) is 3.82. The van der Waals surface area contributed by atoms with Crippen molar-refractivity contribution in [1.29, 1.82) is 0 Å². The minimum atomic E-state index is -0.819. The molecule has 0 aromatic carbocycles. The summed E-state index contributed by atoms with van der Waals surface area (Å²) in [6, 6.07) is -0.383. The fraction of sp³-hybridized carbons (Fsp3) is 0.900. The molecule has 1 unspecified atom stereocenters. The lowest BCUT2D eigenvalue weighted by atomic mass is 10.2. The molecule has 1 rings (SSSR count). The highest BCUT2D eigenvalue weighted by Gasteiger charge is 2.23. The van der Waals surface area contributed by atoms with Crippen LogP contribution in [-0.4, -0.2) is 63.4 Å². The molecule has 0 aromatic heterocycles. The zero-order chi connectivity index (χ0) is 12.1. The molecule has 1 fully saturated rings. The van der Waals surface area contributed by atoms with Crippen molar-refractivity contribution < 1.29 is 14.1 Å². The van der Waals surface area contributed by atoms with Crippen LogP contribution < -0.4 is 5.32 Å². The Morgan fingerprint density at radius 2 is 2.00 bits per heavy atom. The molecule has 0 radical (unpaired) electrons. The number of hydrogen-bond donors (Lipinski definition) is 2. The van der Waals surface area contributed by atoms with Crippen molar-refractivity contribution in [3.63, 3.8) is 0 Å². The van der Waals surface area contributed by atoms with Gasteiger partial charge < -0.3 is 10.4 Å². The lowest BCUT2D eigenvalue weighted by Gasteiger charge is -2.29. The summed E-state index contributed by atoms with van der Waals surface area (Å²) < 4.78 is 11.2. The van der Waals surface area contributed by atoms with Crippen molar-refractivity contribution in [2.45, 2.75) is 25.9 Å². The van der Waals surface area contributed by atoms with Gasteiger partial charge in [-0.1, -0.05) is 13.8 Å². The fourth-order valence-corrected chi connectivity index (χ4v) is 2.85. The van der Waals surface area contributed by atoms with Gasteiger partial charge >= 0.3 is 5.97 Å². The standard InChI is InChI=1S/C10H20N2O3S/c1-8(2)11-9(10(13)14)7-12-3-5-16(15)6-4-12/h8-9,11H,3-7H2,1-2H3,(H,13,14). The maximum absolute atomic E-state index is 11.2. The predicted molar refractivity (Wildman–Crippen MR) is 64.0 cm³/mol. The van der Waals surface area contributed by atoms with Crippen molar-refractivity contribution in [2.24, 2.45) is 0 Å². The van der Waals surface area contributed by atoms with E-state index in [1.54, 1.807) is 0 Å². The molecule has 6 heteroatoms. The summed E-state index contributed by atoms with van der Waals surface area (Å²) in [4.78, 5) is 13.1. The summed E-state index contributed by atoms with van der Waals surface area (Å²) in [6.07, 6.45) is 0. The molecule has 1 atom stereocenters. The van der Waals surface area contributed by atoms with Gasteiger partial charge in [-0.25, -0.2) is 0 Å². The first-order valence-electron chi connectivity index (χ1n) is 5.55. The Bertz CT molecular complexity index is 261. The second-order valence-electron chi connectivity index (χ2n) is 4.36. The summed E-state index contributed by atoms with van der Waals surface area (Å²) in [5.74, 6) is 0.502. The van der Waals surface area contributed by atoms with Gasteiger partial charge in [-0.3, -0.25) is 13.9 Å². The molecule has 0 amide bonds. The van der Waals surface area contributed by atoms with Gasteiger partial charge in [0.2, 0.25) is 0 Å². The quantitative estimate of drug-likeness (QED) is 0.686. The second-order valence-corrected chi connectivity index (χ2v) is 6.06. The van der Waals surface area contributed by atoms with E-state index in [1.807, 2.05) is 13.8 Å². The first-order chi connectivity index (χ1) is 7.49. The number of nitrogens with one attached hydrogen (secondary N) is 1. The summed E-state index contributed by atoms with van der Waals surface area (Å²) in [5, 5.41) is 12.1. The molecule has 0 aromatic rings. The Morgan fingerprint density at radius 1 is 1.44 bits per heavy atom. The van der Waals surface area contributed by atoms with Crippen molar-refractivity contribution in [3.05, 3.63) is 0 Å². The summed E-state index contributed by atoms with van der Waals surface area (Å²) >= 11 is 0. The van der Waals surface area contributed by atoms with Crippen molar-refractivity contribution in [2.75, 3.05) is 31.1 Å². The van der Waals surface area contributed by atoms with E-state index in [0.29, 0.717) is 18.1 Å². The van der Waals surface area contributed by atoms with E-state index in [0.717, 1.165) is 13.1 Å². The molecule has 0 saturated carbocycles. The largest absolute Gasteiger partial charge is 0.480 e. The van der Waals surface area contributed by atoms with Gasteiger partial charge in [0, 0.05) is 48.0 Å². The van der Waals surface area contributed by atoms with Crippen LogP contribution in [0.4, 0.5) is 0 Å². The predicted octanol–water partition coefficient (Wildman–Crippen LogP) is -0.498. The van der Waals surface area contributed by atoms with Gasteiger partial charge in [-0.15, -0.1) is 0 Å². The SMILES string of the molecule is CC(C)NC(CN1CCS(=O)CC1)C(=O)O. The highest BCUT2D eigenvalue weighted by Crippen LogP contribution is 2.02. The van der Waals surface area contributed by atoms with E-state index in [-0.39, 0.29) is 6.04 Å². The first-order valence-corrected chi connectivity index (χ1v) is 7.04. The Hall–Kier alpha value is -0.460. The zero-order valence-electron chi connectivity index (χ0n) is 9.81.